The highest BCUT2D eigenvalue weighted by atomic mass is 35.5. The number of hydrogen-bond acceptors (Lipinski definition) is 2. The Morgan fingerprint density at radius 1 is 1.35 bits per heavy atom. The summed E-state index contributed by atoms with van der Waals surface area (Å²) in [5.74, 6) is 0.238. The molecule has 0 radical (unpaired) electrons. The van der Waals surface area contributed by atoms with Crippen molar-refractivity contribution in [3.63, 3.8) is 0 Å². The molecule has 112 valence electrons. The van der Waals surface area contributed by atoms with Gasteiger partial charge in [-0.25, -0.2) is 4.39 Å². The maximum Gasteiger partial charge on any atom is 0.126 e. The van der Waals surface area contributed by atoms with E-state index in [0.29, 0.717) is 22.0 Å². The molecule has 1 saturated heterocycles. The van der Waals surface area contributed by atoms with Gasteiger partial charge in [-0.15, -0.1) is 0 Å². The van der Waals surface area contributed by atoms with Gasteiger partial charge in [0, 0.05) is 19.1 Å². The molecule has 0 spiro atoms. The molecule has 20 heavy (non-hydrogen) atoms. The van der Waals surface area contributed by atoms with Crippen molar-refractivity contribution in [2.45, 2.75) is 32.7 Å². The molecule has 0 aliphatic carbocycles. The third-order valence-electron chi connectivity index (χ3n) is 3.53. The Morgan fingerprint density at radius 2 is 2.00 bits per heavy atom. The molecule has 0 aromatic heterocycles. The van der Waals surface area contributed by atoms with E-state index in [1.54, 1.807) is 0 Å². The largest absolute Gasteiger partial charge is 0.368 e. The SMILES string of the molecule is CC(C)CC1CN(c2c(Cl)cc(F)cc2Cl)CCCN1. The van der Waals surface area contributed by atoms with Crippen molar-refractivity contribution in [3.05, 3.63) is 28.0 Å². The summed E-state index contributed by atoms with van der Waals surface area (Å²) in [4.78, 5) is 2.18. The second-order valence-electron chi connectivity index (χ2n) is 5.80. The van der Waals surface area contributed by atoms with Gasteiger partial charge in [-0.2, -0.15) is 0 Å². The van der Waals surface area contributed by atoms with Gasteiger partial charge in [-0.1, -0.05) is 37.0 Å². The van der Waals surface area contributed by atoms with E-state index in [-0.39, 0.29) is 0 Å². The highest BCUT2D eigenvalue weighted by Gasteiger charge is 2.22. The predicted molar refractivity (Wildman–Crippen MR) is 84.5 cm³/mol. The summed E-state index contributed by atoms with van der Waals surface area (Å²) in [5.41, 5.74) is 0.757. The zero-order valence-corrected chi connectivity index (χ0v) is 13.4. The molecular formula is C15H21Cl2FN2. The van der Waals surface area contributed by atoms with Crippen molar-refractivity contribution < 1.29 is 4.39 Å². The minimum atomic E-state index is -0.393. The molecule has 1 aromatic rings. The van der Waals surface area contributed by atoms with Gasteiger partial charge in [0.15, 0.2) is 0 Å². The molecule has 1 N–H and O–H groups in total. The van der Waals surface area contributed by atoms with Crippen molar-refractivity contribution in [3.8, 4) is 0 Å². The summed E-state index contributed by atoms with van der Waals surface area (Å²) in [6, 6.07) is 3.08. The minimum Gasteiger partial charge on any atom is -0.368 e. The van der Waals surface area contributed by atoms with E-state index < -0.39 is 5.82 Å². The van der Waals surface area contributed by atoms with Gasteiger partial charge < -0.3 is 10.2 Å². The van der Waals surface area contributed by atoms with Crippen molar-refractivity contribution in [2.75, 3.05) is 24.5 Å². The van der Waals surface area contributed by atoms with E-state index in [9.17, 15) is 4.39 Å². The Bertz CT molecular complexity index is 442. The Kier molecular flexibility index (Phi) is 5.53. The molecule has 1 aliphatic heterocycles. The zero-order chi connectivity index (χ0) is 14.7. The van der Waals surface area contributed by atoms with Gasteiger partial charge in [0.05, 0.1) is 15.7 Å². The number of hydrogen-bond donors (Lipinski definition) is 1. The average Bonchev–Trinajstić information content (AvgIpc) is 2.52. The first kappa shape index (κ1) is 15.9. The van der Waals surface area contributed by atoms with E-state index in [1.165, 1.54) is 12.1 Å². The topological polar surface area (TPSA) is 15.3 Å². The number of nitrogens with one attached hydrogen (secondary N) is 1. The third-order valence-corrected chi connectivity index (χ3v) is 4.11. The normalized spacial score (nSPS) is 20.3. The molecule has 1 aliphatic rings. The lowest BCUT2D eigenvalue weighted by Gasteiger charge is -2.29. The Labute approximate surface area is 130 Å². The summed E-state index contributed by atoms with van der Waals surface area (Å²) >= 11 is 12.4. The summed E-state index contributed by atoms with van der Waals surface area (Å²) < 4.78 is 13.3. The summed E-state index contributed by atoms with van der Waals surface area (Å²) in [7, 11) is 0. The maximum atomic E-state index is 13.3. The van der Waals surface area contributed by atoms with Crippen LogP contribution in [0.2, 0.25) is 10.0 Å². The first-order valence-corrected chi connectivity index (χ1v) is 7.86. The number of benzene rings is 1. The highest BCUT2D eigenvalue weighted by Crippen LogP contribution is 2.35. The van der Waals surface area contributed by atoms with Crippen LogP contribution in [0.1, 0.15) is 26.7 Å². The lowest BCUT2D eigenvalue weighted by Crippen LogP contribution is -2.38. The second kappa shape index (κ2) is 6.97. The zero-order valence-electron chi connectivity index (χ0n) is 11.9. The average molecular weight is 319 g/mol. The highest BCUT2D eigenvalue weighted by molar-refractivity contribution is 6.39. The van der Waals surface area contributed by atoms with Gasteiger partial charge in [0.25, 0.3) is 0 Å². The molecule has 2 nitrogen and oxygen atoms in total. The van der Waals surface area contributed by atoms with Crippen LogP contribution in [-0.2, 0) is 0 Å². The molecule has 1 atom stereocenters. The van der Waals surface area contributed by atoms with Crippen LogP contribution in [0.15, 0.2) is 12.1 Å². The molecule has 1 fully saturated rings. The molecular weight excluding hydrogens is 298 g/mol. The Hall–Kier alpha value is -0.510. The van der Waals surface area contributed by atoms with Crippen molar-refractivity contribution in [1.29, 1.82) is 0 Å². The van der Waals surface area contributed by atoms with Crippen molar-refractivity contribution >= 4 is 28.9 Å². The molecule has 0 saturated carbocycles. The smallest absolute Gasteiger partial charge is 0.126 e. The van der Waals surface area contributed by atoms with Crippen molar-refractivity contribution in [1.82, 2.24) is 5.32 Å². The maximum absolute atomic E-state index is 13.3. The van der Waals surface area contributed by atoms with E-state index in [1.807, 2.05) is 0 Å². The van der Waals surface area contributed by atoms with E-state index >= 15 is 0 Å². The van der Waals surface area contributed by atoms with Crippen LogP contribution in [0.5, 0.6) is 0 Å². The molecule has 2 rings (SSSR count). The lowest BCUT2D eigenvalue weighted by atomic mass is 10.0. The summed E-state index contributed by atoms with van der Waals surface area (Å²) in [6.45, 7) is 7.16. The first-order chi connectivity index (χ1) is 9.47. The molecule has 5 heteroatoms. The molecule has 0 amide bonds. The van der Waals surface area contributed by atoms with Gasteiger partial charge in [0.2, 0.25) is 0 Å². The van der Waals surface area contributed by atoms with Gasteiger partial charge >= 0.3 is 0 Å². The van der Waals surface area contributed by atoms with E-state index in [2.05, 4.69) is 24.1 Å². The second-order valence-corrected chi connectivity index (χ2v) is 6.61. The lowest BCUT2D eigenvalue weighted by molar-refractivity contribution is 0.436. The van der Waals surface area contributed by atoms with Gasteiger partial charge in [0.1, 0.15) is 5.82 Å². The molecule has 0 bridgehead atoms. The molecule has 1 unspecified atom stereocenters. The molecule has 1 aromatic carbocycles. The van der Waals surface area contributed by atoms with Crippen LogP contribution in [0.4, 0.5) is 10.1 Å². The molecule has 1 heterocycles. The number of halogens is 3. The fourth-order valence-corrected chi connectivity index (χ4v) is 3.46. The van der Waals surface area contributed by atoms with Crippen LogP contribution in [0.3, 0.4) is 0 Å². The standard InChI is InChI=1S/C15H21Cl2FN2/c1-10(2)6-12-9-20(5-3-4-19-12)15-13(16)7-11(18)8-14(15)17/h7-8,10,12,19H,3-6,9H2,1-2H3. The number of nitrogens with zero attached hydrogens (tertiary/aromatic N) is 1. The summed E-state index contributed by atoms with van der Waals surface area (Å²) in [5, 5.41) is 4.34. The predicted octanol–water partition coefficient (Wildman–Crippen LogP) is 4.35. The van der Waals surface area contributed by atoms with Crippen LogP contribution in [0.25, 0.3) is 0 Å². The Morgan fingerprint density at radius 3 is 2.60 bits per heavy atom. The third kappa shape index (κ3) is 4.00. The van der Waals surface area contributed by atoms with Crippen LogP contribution < -0.4 is 10.2 Å². The quantitative estimate of drug-likeness (QED) is 0.891. The minimum absolute atomic E-state index is 0.389. The van der Waals surface area contributed by atoms with Crippen LogP contribution in [0, 0.1) is 11.7 Å². The number of rotatable bonds is 3. The van der Waals surface area contributed by atoms with E-state index in [0.717, 1.165) is 38.2 Å². The fourth-order valence-electron chi connectivity index (χ4n) is 2.76. The van der Waals surface area contributed by atoms with Crippen molar-refractivity contribution in [2.24, 2.45) is 5.92 Å². The first-order valence-electron chi connectivity index (χ1n) is 7.10. The monoisotopic (exact) mass is 318 g/mol. The van der Waals surface area contributed by atoms with Gasteiger partial charge in [-0.05, 0) is 37.4 Å². The number of anilines is 1. The Balaban J connectivity index is 2.22. The fraction of sp³-hybridized carbons (Fsp3) is 0.600. The van der Waals surface area contributed by atoms with E-state index in [4.69, 9.17) is 23.2 Å². The van der Waals surface area contributed by atoms with Gasteiger partial charge in [-0.3, -0.25) is 0 Å². The van der Waals surface area contributed by atoms with Crippen LogP contribution >= 0.6 is 23.2 Å². The summed E-state index contributed by atoms with van der Waals surface area (Å²) in [6.07, 6.45) is 2.13. The van der Waals surface area contributed by atoms with Crippen LogP contribution in [-0.4, -0.2) is 25.7 Å².